The Bertz CT molecular complexity index is 1420. The lowest BCUT2D eigenvalue weighted by Gasteiger charge is -2.35. The van der Waals surface area contributed by atoms with E-state index in [2.05, 4.69) is 20.0 Å². The molecule has 0 saturated carbocycles. The van der Waals surface area contributed by atoms with Crippen LogP contribution in [0, 0.1) is 5.82 Å². The van der Waals surface area contributed by atoms with Gasteiger partial charge < -0.3 is 14.8 Å². The number of H-pyrrole nitrogens is 1. The van der Waals surface area contributed by atoms with Crippen LogP contribution in [0.15, 0.2) is 60.7 Å². The number of carbonyl (C=O) groups excluding carboxylic acids is 2. The highest BCUT2D eigenvalue weighted by molar-refractivity contribution is 6.31. The standard InChI is InChI=1S/C23H16ClFN4O4/c1-33-22(31)28-21-26-18-7-6-12(8-19(18)27-21)23(32)17-5-3-2-4-16(17)20(30)29(23)15-10-13(24)9-14(25)11-15/h2-11,32H,1H3,(H2,26,27,28,31). The van der Waals surface area contributed by atoms with Crippen molar-refractivity contribution >= 4 is 46.3 Å². The van der Waals surface area contributed by atoms with Gasteiger partial charge in [0, 0.05) is 21.7 Å². The van der Waals surface area contributed by atoms with Gasteiger partial charge in [-0.2, -0.15) is 0 Å². The SMILES string of the molecule is COC(=O)Nc1nc2ccc(C3(O)c4ccccc4C(=O)N3c3cc(F)cc(Cl)c3)cc2[nH]1. The molecule has 0 spiro atoms. The molecule has 10 heteroatoms. The van der Waals surface area contributed by atoms with Crippen LogP contribution in [-0.2, 0) is 10.5 Å². The molecular weight excluding hydrogens is 451 g/mol. The van der Waals surface area contributed by atoms with Crippen molar-refractivity contribution in [3.63, 3.8) is 0 Å². The van der Waals surface area contributed by atoms with Crippen LogP contribution in [0.2, 0.25) is 5.02 Å². The van der Waals surface area contributed by atoms with E-state index in [-0.39, 0.29) is 22.2 Å². The summed E-state index contributed by atoms with van der Waals surface area (Å²) in [6.07, 6.45) is -0.697. The molecule has 3 aromatic carbocycles. The molecule has 3 N–H and O–H groups in total. The fourth-order valence-electron chi connectivity index (χ4n) is 4.05. The van der Waals surface area contributed by atoms with Gasteiger partial charge >= 0.3 is 6.09 Å². The Morgan fingerprint density at radius 2 is 2.00 bits per heavy atom. The average molecular weight is 467 g/mol. The first-order valence-corrected chi connectivity index (χ1v) is 10.2. The van der Waals surface area contributed by atoms with Gasteiger partial charge in [0.25, 0.3) is 5.91 Å². The number of hydrogen-bond donors (Lipinski definition) is 3. The lowest BCUT2D eigenvalue weighted by atomic mass is 9.93. The number of ether oxygens (including phenoxy) is 1. The van der Waals surface area contributed by atoms with Crippen LogP contribution in [0.3, 0.4) is 0 Å². The van der Waals surface area contributed by atoms with E-state index in [0.29, 0.717) is 22.2 Å². The molecule has 0 fully saturated rings. The van der Waals surface area contributed by atoms with Crippen LogP contribution in [-0.4, -0.2) is 34.2 Å². The van der Waals surface area contributed by atoms with Crippen LogP contribution in [0.25, 0.3) is 11.0 Å². The molecule has 33 heavy (non-hydrogen) atoms. The minimum absolute atomic E-state index is 0.0821. The Hall–Kier alpha value is -3.95. The van der Waals surface area contributed by atoms with E-state index in [0.717, 1.165) is 17.0 Å². The van der Waals surface area contributed by atoms with Crippen molar-refractivity contribution in [3.8, 4) is 0 Å². The Morgan fingerprint density at radius 1 is 1.21 bits per heavy atom. The van der Waals surface area contributed by atoms with Gasteiger partial charge in [-0.15, -0.1) is 0 Å². The second-order valence-corrected chi connectivity index (χ2v) is 7.86. The quantitative estimate of drug-likeness (QED) is 0.415. The van der Waals surface area contributed by atoms with Crippen molar-refractivity contribution in [1.29, 1.82) is 0 Å². The molecule has 0 saturated heterocycles. The first kappa shape index (κ1) is 20.9. The first-order valence-electron chi connectivity index (χ1n) is 9.79. The number of methoxy groups -OCH3 is 1. The number of rotatable bonds is 3. The summed E-state index contributed by atoms with van der Waals surface area (Å²) in [4.78, 5) is 33.1. The first-order chi connectivity index (χ1) is 15.8. The van der Waals surface area contributed by atoms with Gasteiger partial charge in [-0.3, -0.25) is 15.0 Å². The fourth-order valence-corrected chi connectivity index (χ4v) is 4.27. The molecule has 1 aliphatic heterocycles. The third kappa shape index (κ3) is 3.29. The molecule has 0 aliphatic carbocycles. The van der Waals surface area contributed by atoms with Crippen LogP contribution in [0.4, 0.5) is 20.8 Å². The normalized spacial score (nSPS) is 17.3. The Balaban J connectivity index is 1.69. The van der Waals surface area contributed by atoms with Crippen molar-refractivity contribution in [2.24, 2.45) is 0 Å². The maximum Gasteiger partial charge on any atom is 0.413 e. The summed E-state index contributed by atoms with van der Waals surface area (Å²) in [5.74, 6) is -1.00. The van der Waals surface area contributed by atoms with Crippen LogP contribution in [0.1, 0.15) is 21.5 Å². The number of nitrogens with one attached hydrogen (secondary N) is 2. The van der Waals surface area contributed by atoms with E-state index in [1.807, 2.05) is 0 Å². The molecule has 5 rings (SSSR count). The molecular formula is C23H16ClFN4O4. The molecule has 0 radical (unpaired) electrons. The highest BCUT2D eigenvalue weighted by Gasteiger charge is 2.50. The Morgan fingerprint density at radius 3 is 2.76 bits per heavy atom. The number of anilines is 2. The van der Waals surface area contributed by atoms with Gasteiger partial charge in [-0.05, 0) is 36.4 Å². The number of aliphatic hydroxyl groups is 1. The second-order valence-electron chi connectivity index (χ2n) is 7.42. The highest BCUT2D eigenvalue weighted by Crippen LogP contribution is 2.45. The summed E-state index contributed by atoms with van der Waals surface area (Å²) in [5.41, 5.74) is 0.0665. The van der Waals surface area contributed by atoms with Crippen molar-refractivity contribution < 1.29 is 23.8 Å². The molecule has 166 valence electrons. The number of carbonyl (C=O) groups is 2. The Labute approximate surface area is 191 Å². The maximum absolute atomic E-state index is 14.2. The molecule has 4 aromatic rings. The molecule has 1 aliphatic rings. The molecule has 2 amide bonds. The number of amides is 2. The topological polar surface area (TPSA) is 108 Å². The summed E-state index contributed by atoms with van der Waals surface area (Å²) in [5, 5.41) is 14.6. The monoisotopic (exact) mass is 466 g/mol. The van der Waals surface area contributed by atoms with E-state index < -0.39 is 23.5 Å². The number of fused-ring (bicyclic) bond motifs is 2. The summed E-state index contributed by atoms with van der Waals surface area (Å²) < 4.78 is 18.7. The van der Waals surface area contributed by atoms with Crippen molar-refractivity contribution in [2.45, 2.75) is 5.72 Å². The zero-order valence-electron chi connectivity index (χ0n) is 17.1. The smallest absolute Gasteiger partial charge is 0.413 e. The van der Waals surface area contributed by atoms with Gasteiger partial charge in [0.1, 0.15) is 5.82 Å². The van der Waals surface area contributed by atoms with Crippen LogP contribution in [0.5, 0.6) is 0 Å². The molecule has 2 heterocycles. The lowest BCUT2D eigenvalue weighted by Crippen LogP contribution is -2.45. The number of imidazole rings is 1. The number of hydrogen-bond acceptors (Lipinski definition) is 5. The van der Waals surface area contributed by atoms with E-state index >= 15 is 0 Å². The summed E-state index contributed by atoms with van der Waals surface area (Å²) in [6.45, 7) is 0. The van der Waals surface area contributed by atoms with E-state index in [9.17, 15) is 19.1 Å². The Kier molecular flexibility index (Phi) is 4.80. The van der Waals surface area contributed by atoms with Crippen LogP contribution >= 0.6 is 11.6 Å². The highest BCUT2D eigenvalue weighted by atomic mass is 35.5. The summed E-state index contributed by atoms with van der Waals surface area (Å²) in [6, 6.07) is 15.1. The third-order valence-electron chi connectivity index (χ3n) is 5.46. The van der Waals surface area contributed by atoms with Crippen molar-refractivity contribution in [3.05, 3.63) is 88.2 Å². The largest absolute Gasteiger partial charge is 0.453 e. The van der Waals surface area contributed by atoms with E-state index in [1.54, 1.807) is 42.5 Å². The fraction of sp³-hybridized carbons (Fsp3) is 0.0870. The average Bonchev–Trinajstić information content (AvgIpc) is 3.29. The van der Waals surface area contributed by atoms with E-state index in [4.69, 9.17) is 11.6 Å². The van der Waals surface area contributed by atoms with E-state index in [1.165, 1.54) is 13.2 Å². The van der Waals surface area contributed by atoms with Gasteiger partial charge in [0.05, 0.1) is 23.8 Å². The zero-order chi connectivity index (χ0) is 23.3. The van der Waals surface area contributed by atoms with Crippen LogP contribution < -0.4 is 10.2 Å². The van der Waals surface area contributed by atoms with Gasteiger partial charge in [-0.1, -0.05) is 35.9 Å². The molecule has 1 unspecified atom stereocenters. The van der Waals surface area contributed by atoms with Crippen molar-refractivity contribution in [1.82, 2.24) is 9.97 Å². The summed E-state index contributed by atoms with van der Waals surface area (Å²) in [7, 11) is 1.23. The molecule has 1 atom stereocenters. The molecule has 8 nitrogen and oxygen atoms in total. The maximum atomic E-state index is 14.2. The predicted molar refractivity (Wildman–Crippen MR) is 120 cm³/mol. The number of aromatic nitrogens is 2. The number of benzene rings is 3. The van der Waals surface area contributed by atoms with Gasteiger partial charge in [-0.25, -0.2) is 14.2 Å². The predicted octanol–water partition coefficient (Wildman–Crippen LogP) is 4.39. The van der Waals surface area contributed by atoms with Gasteiger partial charge in [0.15, 0.2) is 5.72 Å². The minimum atomic E-state index is -1.96. The second kappa shape index (κ2) is 7.58. The number of halogens is 2. The summed E-state index contributed by atoms with van der Waals surface area (Å²) >= 11 is 6.04. The van der Waals surface area contributed by atoms with Crippen molar-refractivity contribution in [2.75, 3.05) is 17.3 Å². The number of aromatic amines is 1. The molecule has 0 bridgehead atoms. The lowest BCUT2D eigenvalue weighted by molar-refractivity contribution is 0.0704. The number of nitrogens with zero attached hydrogens (tertiary/aromatic N) is 2. The third-order valence-corrected chi connectivity index (χ3v) is 5.67. The van der Waals surface area contributed by atoms with Gasteiger partial charge in [0.2, 0.25) is 5.95 Å². The minimum Gasteiger partial charge on any atom is -0.453 e. The molecule has 1 aromatic heterocycles. The zero-order valence-corrected chi connectivity index (χ0v) is 17.9.